The lowest BCUT2D eigenvalue weighted by atomic mass is 10.2. The SMILES string of the molecule is CCN1C(=O)CC(C(=O)Nc2ccc(Cl)cc2)SC1=Nc1ccc(OC(F)(F)Cl)cc1. The van der Waals surface area contributed by atoms with E-state index in [-0.39, 0.29) is 24.0 Å². The predicted molar refractivity (Wildman–Crippen MR) is 118 cm³/mol. The van der Waals surface area contributed by atoms with Gasteiger partial charge in [-0.25, -0.2) is 4.99 Å². The number of carbonyl (C=O) groups is 2. The fraction of sp³-hybridized carbons (Fsp3) is 0.250. The van der Waals surface area contributed by atoms with E-state index in [0.717, 1.165) is 11.8 Å². The summed E-state index contributed by atoms with van der Waals surface area (Å²) >= 11 is 11.8. The number of halogens is 4. The zero-order valence-corrected chi connectivity index (χ0v) is 18.5. The van der Waals surface area contributed by atoms with Gasteiger partial charge in [0.25, 0.3) is 0 Å². The number of amidine groups is 1. The molecule has 1 atom stereocenters. The minimum atomic E-state index is -3.82. The summed E-state index contributed by atoms with van der Waals surface area (Å²) in [5, 5.41) is 2.96. The van der Waals surface area contributed by atoms with E-state index < -0.39 is 10.8 Å². The van der Waals surface area contributed by atoms with Crippen LogP contribution in [0.4, 0.5) is 20.2 Å². The van der Waals surface area contributed by atoms with Gasteiger partial charge in [0, 0.05) is 35.3 Å². The van der Waals surface area contributed by atoms with Crippen molar-refractivity contribution in [3.63, 3.8) is 0 Å². The highest BCUT2D eigenvalue weighted by Crippen LogP contribution is 2.31. The van der Waals surface area contributed by atoms with Crippen LogP contribution in [0.5, 0.6) is 5.75 Å². The van der Waals surface area contributed by atoms with Crippen molar-refractivity contribution in [3.8, 4) is 5.75 Å². The van der Waals surface area contributed by atoms with Crippen molar-refractivity contribution in [3.05, 3.63) is 53.6 Å². The van der Waals surface area contributed by atoms with E-state index in [2.05, 4.69) is 15.0 Å². The first kappa shape index (κ1) is 23.3. The van der Waals surface area contributed by atoms with Crippen LogP contribution >= 0.6 is 35.0 Å². The molecular weight excluding hydrogens is 471 g/mol. The maximum atomic E-state index is 12.7. The molecule has 1 N–H and O–H groups in total. The topological polar surface area (TPSA) is 71.0 Å². The number of aliphatic imine (C=N–C) groups is 1. The number of hydrogen-bond acceptors (Lipinski definition) is 5. The number of nitrogens with zero attached hydrogens (tertiary/aromatic N) is 2. The molecule has 3 rings (SSSR count). The molecule has 1 aliphatic heterocycles. The van der Waals surface area contributed by atoms with Gasteiger partial charge < -0.3 is 10.1 Å². The molecule has 1 heterocycles. The van der Waals surface area contributed by atoms with Gasteiger partial charge in [0.1, 0.15) is 11.0 Å². The Kier molecular flexibility index (Phi) is 7.40. The molecule has 6 nitrogen and oxygen atoms in total. The van der Waals surface area contributed by atoms with Gasteiger partial charge in [0.05, 0.1) is 5.69 Å². The molecule has 1 aliphatic rings. The van der Waals surface area contributed by atoms with Gasteiger partial charge in [0.2, 0.25) is 11.8 Å². The minimum Gasteiger partial charge on any atom is -0.420 e. The highest BCUT2D eigenvalue weighted by atomic mass is 35.5. The number of carbonyl (C=O) groups excluding carboxylic acids is 2. The lowest BCUT2D eigenvalue weighted by Crippen LogP contribution is -2.45. The maximum Gasteiger partial charge on any atom is 0.487 e. The molecule has 11 heteroatoms. The molecule has 2 amide bonds. The van der Waals surface area contributed by atoms with Crippen molar-refractivity contribution in [2.24, 2.45) is 4.99 Å². The van der Waals surface area contributed by atoms with Crippen LogP contribution in [0.3, 0.4) is 0 Å². The Hall–Kier alpha value is -2.36. The Labute approximate surface area is 191 Å². The maximum absolute atomic E-state index is 12.7. The summed E-state index contributed by atoms with van der Waals surface area (Å²) in [6.07, 6.45) is 0.0224. The number of hydrogen-bond donors (Lipinski definition) is 1. The van der Waals surface area contributed by atoms with Crippen molar-refractivity contribution in [1.82, 2.24) is 4.90 Å². The fourth-order valence-electron chi connectivity index (χ4n) is 2.74. The lowest BCUT2D eigenvalue weighted by Gasteiger charge is -2.30. The normalized spacial score (nSPS) is 18.2. The van der Waals surface area contributed by atoms with Crippen LogP contribution in [0.25, 0.3) is 0 Å². The van der Waals surface area contributed by atoms with Crippen molar-refractivity contribution in [1.29, 1.82) is 0 Å². The first-order valence-electron chi connectivity index (χ1n) is 9.12. The Morgan fingerprint density at radius 2 is 1.90 bits per heavy atom. The standard InChI is InChI=1S/C20H17Cl2F2N3O3S/c1-2-27-17(28)11-16(18(29)25-13-5-3-12(21)4-6-13)31-19(27)26-14-7-9-15(10-8-14)30-20(22,23)24/h3-10,16H,2,11H2,1H3,(H,25,29). The Balaban J connectivity index is 1.76. The van der Waals surface area contributed by atoms with Crippen molar-refractivity contribution < 1.29 is 23.1 Å². The molecule has 0 spiro atoms. The van der Waals surface area contributed by atoms with Crippen LogP contribution in [0.1, 0.15) is 13.3 Å². The number of anilines is 1. The summed E-state index contributed by atoms with van der Waals surface area (Å²) in [4.78, 5) is 31.1. The molecule has 0 bridgehead atoms. The number of thioether (sulfide) groups is 1. The van der Waals surface area contributed by atoms with E-state index in [1.54, 1.807) is 31.2 Å². The lowest BCUT2D eigenvalue weighted by molar-refractivity contribution is -0.129. The Bertz CT molecular complexity index is 983. The monoisotopic (exact) mass is 487 g/mol. The zero-order valence-electron chi connectivity index (χ0n) is 16.1. The van der Waals surface area contributed by atoms with Gasteiger partial charge in [-0.1, -0.05) is 23.4 Å². The minimum absolute atomic E-state index is 0.0224. The van der Waals surface area contributed by atoms with Gasteiger partial charge in [-0.05, 0) is 55.5 Å². The fourth-order valence-corrected chi connectivity index (χ4v) is 4.12. The van der Waals surface area contributed by atoms with Crippen LogP contribution in [-0.2, 0) is 9.59 Å². The van der Waals surface area contributed by atoms with E-state index in [9.17, 15) is 18.4 Å². The van der Waals surface area contributed by atoms with E-state index >= 15 is 0 Å². The largest absolute Gasteiger partial charge is 0.487 e. The molecular formula is C20H17Cl2F2N3O3S. The summed E-state index contributed by atoms with van der Waals surface area (Å²) in [6, 6.07) is 12.1. The number of nitrogens with one attached hydrogen (secondary N) is 1. The number of ether oxygens (including phenoxy) is 1. The summed E-state index contributed by atoms with van der Waals surface area (Å²) in [5.74, 6) is -0.709. The van der Waals surface area contributed by atoms with E-state index in [1.165, 1.54) is 29.2 Å². The molecule has 1 fully saturated rings. The highest BCUT2D eigenvalue weighted by Gasteiger charge is 2.35. The third-order valence-corrected chi connectivity index (χ3v) is 5.67. The number of benzene rings is 2. The Morgan fingerprint density at radius 3 is 2.48 bits per heavy atom. The average Bonchev–Trinajstić information content (AvgIpc) is 2.70. The van der Waals surface area contributed by atoms with Crippen LogP contribution in [0.15, 0.2) is 53.5 Å². The molecule has 0 aliphatic carbocycles. The van der Waals surface area contributed by atoms with E-state index in [1.807, 2.05) is 0 Å². The van der Waals surface area contributed by atoms with Gasteiger partial charge in [-0.15, -0.1) is 8.78 Å². The molecule has 164 valence electrons. The second-order valence-electron chi connectivity index (χ2n) is 6.38. The molecule has 0 aromatic heterocycles. The van der Waals surface area contributed by atoms with E-state index in [0.29, 0.717) is 28.1 Å². The Morgan fingerprint density at radius 1 is 1.26 bits per heavy atom. The summed E-state index contributed by atoms with van der Waals surface area (Å²) in [6.45, 7) is 2.16. The van der Waals surface area contributed by atoms with Crippen molar-refractivity contribution in [2.75, 3.05) is 11.9 Å². The number of amides is 2. The van der Waals surface area contributed by atoms with Crippen LogP contribution in [-0.4, -0.2) is 39.2 Å². The summed E-state index contributed by atoms with van der Waals surface area (Å²) in [7, 11) is 0. The second-order valence-corrected chi connectivity index (χ2v) is 8.43. The zero-order chi connectivity index (χ0) is 22.6. The number of rotatable bonds is 6. The molecule has 1 saturated heterocycles. The first-order chi connectivity index (χ1) is 14.6. The molecule has 1 unspecified atom stereocenters. The van der Waals surface area contributed by atoms with E-state index in [4.69, 9.17) is 23.2 Å². The summed E-state index contributed by atoms with van der Waals surface area (Å²) in [5.41, 5.74) is -2.86. The van der Waals surface area contributed by atoms with Gasteiger partial charge in [0.15, 0.2) is 5.17 Å². The third kappa shape index (κ3) is 6.56. The van der Waals surface area contributed by atoms with Gasteiger partial charge >= 0.3 is 5.57 Å². The number of alkyl halides is 3. The smallest absolute Gasteiger partial charge is 0.420 e. The quantitative estimate of drug-likeness (QED) is 0.547. The summed E-state index contributed by atoms with van der Waals surface area (Å²) < 4.78 is 29.8. The molecule has 2 aromatic rings. The van der Waals surface area contributed by atoms with Crippen LogP contribution in [0.2, 0.25) is 5.02 Å². The second kappa shape index (κ2) is 9.84. The van der Waals surface area contributed by atoms with Crippen molar-refractivity contribution >= 4 is 63.3 Å². The molecule has 31 heavy (non-hydrogen) atoms. The van der Waals surface area contributed by atoms with Crippen LogP contribution in [0, 0.1) is 0 Å². The molecule has 0 saturated carbocycles. The van der Waals surface area contributed by atoms with Crippen molar-refractivity contribution in [2.45, 2.75) is 24.2 Å². The van der Waals surface area contributed by atoms with Gasteiger partial charge in [-0.3, -0.25) is 14.5 Å². The van der Waals surface area contributed by atoms with Crippen LogP contribution < -0.4 is 10.1 Å². The highest BCUT2D eigenvalue weighted by molar-refractivity contribution is 8.15. The molecule has 0 radical (unpaired) electrons. The average molecular weight is 488 g/mol. The third-order valence-electron chi connectivity index (χ3n) is 4.16. The van der Waals surface area contributed by atoms with Gasteiger partial charge in [-0.2, -0.15) is 0 Å². The molecule has 2 aromatic carbocycles. The predicted octanol–water partition coefficient (Wildman–Crippen LogP) is 5.49. The first-order valence-corrected chi connectivity index (χ1v) is 10.8.